The van der Waals surface area contributed by atoms with E-state index in [1.807, 2.05) is 27.7 Å². The normalized spacial score (nSPS) is 11.6. The number of carboxylic acids is 1. The van der Waals surface area contributed by atoms with E-state index in [4.69, 9.17) is 0 Å². The fraction of sp³-hybridized carbons (Fsp3) is 0.444. The lowest BCUT2D eigenvalue weighted by atomic mass is 10.1. The first-order valence-corrected chi connectivity index (χ1v) is 9.55. The molecule has 9 heteroatoms. The highest BCUT2D eigenvalue weighted by Crippen LogP contribution is 2.32. The molecule has 0 saturated carbocycles. The van der Waals surface area contributed by atoms with Crippen molar-refractivity contribution in [2.24, 2.45) is 0 Å². The summed E-state index contributed by atoms with van der Waals surface area (Å²) in [7, 11) is 0. The van der Waals surface area contributed by atoms with Crippen molar-refractivity contribution >= 4 is 27.5 Å². The Labute approximate surface area is 159 Å². The first-order valence-electron chi connectivity index (χ1n) is 8.73. The maximum Gasteiger partial charge on any atom is 0.337 e. The molecule has 0 atom stereocenters. The molecule has 8 nitrogen and oxygen atoms in total. The zero-order valence-corrected chi connectivity index (χ0v) is 16.7. The summed E-state index contributed by atoms with van der Waals surface area (Å²) in [5.74, 6) is -1.16. The van der Waals surface area contributed by atoms with Crippen LogP contribution in [0.25, 0.3) is 10.2 Å². The summed E-state index contributed by atoms with van der Waals surface area (Å²) in [6, 6.07) is -0.205. The monoisotopic (exact) mass is 390 g/mol. The van der Waals surface area contributed by atoms with E-state index in [0.29, 0.717) is 16.1 Å². The summed E-state index contributed by atoms with van der Waals surface area (Å²) >= 11 is 1.20. The Bertz CT molecular complexity index is 1140. The summed E-state index contributed by atoms with van der Waals surface area (Å²) in [6.45, 7) is 9.29. The molecule has 27 heavy (non-hydrogen) atoms. The van der Waals surface area contributed by atoms with Crippen LogP contribution in [0.5, 0.6) is 0 Å². The quantitative estimate of drug-likeness (QED) is 0.695. The number of thiophene rings is 1. The van der Waals surface area contributed by atoms with E-state index >= 15 is 0 Å². The summed E-state index contributed by atoms with van der Waals surface area (Å²) in [5, 5.41) is 17.0. The van der Waals surface area contributed by atoms with Gasteiger partial charge in [0.1, 0.15) is 4.83 Å². The molecule has 0 radical (unpaired) electrons. The van der Waals surface area contributed by atoms with Gasteiger partial charge in [0.25, 0.3) is 5.56 Å². The SMILES string of the molecule is CCn1c(=O)c2c(C(=O)O)c(Cc3c(C)n[nH]c3C)sc2n(C(C)C)c1=O. The molecule has 2 N–H and O–H groups in total. The number of hydrogen-bond acceptors (Lipinski definition) is 5. The molecule has 0 saturated heterocycles. The van der Waals surface area contributed by atoms with Crippen molar-refractivity contribution in [2.45, 2.75) is 53.6 Å². The van der Waals surface area contributed by atoms with E-state index in [-0.39, 0.29) is 23.5 Å². The van der Waals surface area contributed by atoms with Gasteiger partial charge >= 0.3 is 11.7 Å². The third-order valence-corrected chi connectivity index (χ3v) is 5.93. The number of carbonyl (C=O) groups is 1. The van der Waals surface area contributed by atoms with Crippen LogP contribution in [0.1, 0.15) is 59.0 Å². The number of rotatable bonds is 5. The Morgan fingerprint density at radius 1 is 1.30 bits per heavy atom. The molecule has 144 valence electrons. The van der Waals surface area contributed by atoms with Gasteiger partial charge in [-0.25, -0.2) is 9.59 Å². The highest BCUT2D eigenvalue weighted by atomic mass is 32.1. The summed E-state index contributed by atoms with van der Waals surface area (Å²) < 4.78 is 2.61. The smallest absolute Gasteiger partial charge is 0.337 e. The van der Waals surface area contributed by atoms with Gasteiger partial charge in [0, 0.05) is 35.1 Å². The van der Waals surface area contributed by atoms with Crippen LogP contribution in [-0.2, 0) is 13.0 Å². The number of aromatic amines is 1. The second-order valence-electron chi connectivity index (χ2n) is 6.77. The van der Waals surface area contributed by atoms with E-state index in [2.05, 4.69) is 10.2 Å². The molecule has 0 fully saturated rings. The van der Waals surface area contributed by atoms with Gasteiger partial charge in [0.15, 0.2) is 0 Å². The predicted octanol–water partition coefficient (Wildman–Crippen LogP) is 2.45. The minimum absolute atomic E-state index is 0.0170. The van der Waals surface area contributed by atoms with Gasteiger partial charge in [-0.2, -0.15) is 5.10 Å². The van der Waals surface area contributed by atoms with E-state index in [1.165, 1.54) is 15.9 Å². The minimum atomic E-state index is -1.16. The maximum absolute atomic E-state index is 12.9. The summed E-state index contributed by atoms with van der Waals surface area (Å²) in [4.78, 5) is 38.7. The van der Waals surface area contributed by atoms with E-state index < -0.39 is 17.2 Å². The Kier molecular flexibility index (Phi) is 4.81. The average Bonchev–Trinajstić information content (AvgIpc) is 3.10. The van der Waals surface area contributed by atoms with Crippen LogP contribution < -0.4 is 11.2 Å². The zero-order chi connectivity index (χ0) is 20.0. The standard InChI is InChI=1S/C18H22N4O4S/c1-6-21-15(23)14-13(17(24)25)12(7-11-9(4)19-20-10(11)5)27-16(14)22(8(2)3)18(21)26/h8H,6-7H2,1-5H3,(H,19,20)(H,24,25). The van der Waals surface area contributed by atoms with Crippen LogP contribution in [-0.4, -0.2) is 30.4 Å². The lowest BCUT2D eigenvalue weighted by Crippen LogP contribution is -2.40. The summed E-state index contributed by atoms with van der Waals surface area (Å²) in [6.07, 6.45) is 0.340. The molecule has 0 aliphatic rings. The van der Waals surface area contributed by atoms with Crippen LogP contribution >= 0.6 is 11.3 Å². The molecule has 0 spiro atoms. The molecular formula is C18H22N4O4S. The molecule has 0 unspecified atom stereocenters. The van der Waals surface area contributed by atoms with Crippen LogP contribution in [0.3, 0.4) is 0 Å². The number of aromatic carboxylic acids is 1. The minimum Gasteiger partial charge on any atom is -0.478 e. The number of aryl methyl sites for hydroxylation is 2. The van der Waals surface area contributed by atoms with Crippen molar-refractivity contribution in [3.8, 4) is 0 Å². The topological polar surface area (TPSA) is 110 Å². The molecule has 0 bridgehead atoms. The van der Waals surface area contributed by atoms with Gasteiger partial charge in [0.05, 0.1) is 16.6 Å². The summed E-state index contributed by atoms with van der Waals surface area (Å²) in [5.41, 5.74) is 1.57. The second kappa shape index (κ2) is 6.80. The highest BCUT2D eigenvalue weighted by molar-refractivity contribution is 7.19. The Balaban J connectivity index is 2.43. The zero-order valence-electron chi connectivity index (χ0n) is 15.9. The molecule has 3 rings (SSSR count). The van der Waals surface area contributed by atoms with Gasteiger partial charge in [-0.05, 0) is 34.6 Å². The number of nitrogens with one attached hydrogen (secondary N) is 1. The first-order chi connectivity index (χ1) is 12.7. The lowest BCUT2D eigenvalue weighted by molar-refractivity contribution is 0.0698. The largest absolute Gasteiger partial charge is 0.478 e. The molecular weight excluding hydrogens is 368 g/mol. The van der Waals surface area contributed by atoms with Gasteiger partial charge in [-0.1, -0.05) is 0 Å². The van der Waals surface area contributed by atoms with E-state index in [1.54, 1.807) is 6.92 Å². The number of aromatic nitrogens is 4. The van der Waals surface area contributed by atoms with Crippen LogP contribution in [0.4, 0.5) is 0 Å². The van der Waals surface area contributed by atoms with Crippen molar-refractivity contribution < 1.29 is 9.90 Å². The number of nitrogens with zero attached hydrogens (tertiary/aromatic N) is 3. The number of carboxylic acid groups (broad SMARTS) is 1. The van der Waals surface area contributed by atoms with Crippen molar-refractivity contribution in [1.29, 1.82) is 0 Å². The number of fused-ring (bicyclic) bond motifs is 1. The fourth-order valence-electron chi connectivity index (χ4n) is 3.35. The highest BCUT2D eigenvalue weighted by Gasteiger charge is 2.27. The van der Waals surface area contributed by atoms with Crippen molar-refractivity contribution in [1.82, 2.24) is 19.3 Å². The molecule has 0 aliphatic carbocycles. The maximum atomic E-state index is 12.9. The molecule has 3 aromatic rings. The predicted molar refractivity (Wildman–Crippen MR) is 104 cm³/mol. The van der Waals surface area contributed by atoms with Gasteiger partial charge in [0.2, 0.25) is 0 Å². The number of hydrogen-bond donors (Lipinski definition) is 2. The van der Waals surface area contributed by atoms with Crippen molar-refractivity contribution in [3.63, 3.8) is 0 Å². The van der Waals surface area contributed by atoms with E-state index in [9.17, 15) is 19.5 Å². The third-order valence-electron chi connectivity index (χ3n) is 4.74. The Morgan fingerprint density at radius 2 is 1.96 bits per heavy atom. The molecule has 0 aliphatic heterocycles. The fourth-order valence-corrected chi connectivity index (χ4v) is 4.77. The van der Waals surface area contributed by atoms with Crippen molar-refractivity contribution in [2.75, 3.05) is 0 Å². The molecule has 0 aromatic carbocycles. The third kappa shape index (κ3) is 2.91. The Hall–Kier alpha value is -2.68. The van der Waals surface area contributed by atoms with Gasteiger partial charge in [-0.3, -0.25) is 19.0 Å². The first kappa shape index (κ1) is 19.1. The average molecular weight is 390 g/mol. The van der Waals surface area contributed by atoms with Gasteiger partial charge in [-0.15, -0.1) is 11.3 Å². The molecule has 3 heterocycles. The second-order valence-corrected chi connectivity index (χ2v) is 7.85. The Morgan fingerprint density at radius 3 is 2.44 bits per heavy atom. The molecule has 0 amide bonds. The van der Waals surface area contributed by atoms with Crippen LogP contribution in [0.15, 0.2) is 9.59 Å². The molecule has 3 aromatic heterocycles. The van der Waals surface area contributed by atoms with Crippen LogP contribution in [0.2, 0.25) is 0 Å². The van der Waals surface area contributed by atoms with Crippen molar-refractivity contribution in [3.05, 3.63) is 48.2 Å². The van der Waals surface area contributed by atoms with Crippen LogP contribution in [0, 0.1) is 13.8 Å². The van der Waals surface area contributed by atoms with Gasteiger partial charge < -0.3 is 5.11 Å². The van der Waals surface area contributed by atoms with E-state index in [0.717, 1.165) is 21.5 Å². The number of H-pyrrole nitrogens is 1. The lowest BCUT2D eigenvalue weighted by Gasteiger charge is -2.13.